The molecule has 1 aliphatic rings. The van der Waals surface area contributed by atoms with E-state index in [0.717, 1.165) is 46.3 Å². The summed E-state index contributed by atoms with van der Waals surface area (Å²) in [6, 6.07) is 18.7. The van der Waals surface area contributed by atoms with Crippen molar-refractivity contribution >= 4 is 22.6 Å². The van der Waals surface area contributed by atoms with Gasteiger partial charge in [-0.1, -0.05) is 67.8 Å². The Kier molecular flexibility index (Phi) is 4.92. The van der Waals surface area contributed by atoms with Crippen molar-refractivity contribution in [2.45, 2.75) is 32.1 Å². The third kappa shape index (κ3) is 3.58. The lowest BCUT2D eigenvalue weighted by atomic mass is 9.82. The van der Waals surface area contributed by atoms with Gasteiger partial charge in [-0.05, 0) is 24.5 Å². The Labute approximate surface area is 159 Å². The van der Waals surface area contributed by atoms with Crippen LogP contribution < -0.4 is 11.2 Å². The molecule has 0 aliphatic heterocycles. The van der Waals surface area contributed by atoms with Crippen molar-refractivity contribution in [1.29, 1.82) is 5.41 Å². The highest BCUT2D eigenvalue weighted by Gasteiger charge is 2.26. The number of nitrogens with zero attached hydrogens (tertiary/aromatic N) is 1. The fraction of sp³-hybridized carbons (Fsp3) is 0.273. The number of aromatic amines is 1. The average molecular weight is 359 g/mol. The zero-order valence-electron chi connectivity index (χ0n) is 15.3. The molecule has 4 rings (SSSR count). The summed E-state index contributed by atoms with van der Waals surface area (Å²) in [5.74, 6) is 0.233. The molecule has 0 radical (unpaired) electrons. The number of hydrazone groups is 1. The highest BCUT2D eigenvalue weighted by Crippen LogP contribution is 2.36. The number of hydrogen-bond acceptors (Lipinski definition) is 2. The van der Waals surface area contributed by atoms with Crippen LogP contribution in [0.5, 0.6) is 0 Å². The first-order valence-electron chi connectivity index (χ1n) is 9.58. The van der Waals surface area contributed by atoms with Crippen LogP contribution in [0.3, 0.4) is 0 Å². The van der Waals surface area contributed by atoms with Crippen LogP contribution in [0.2, 0.25) is 0 Å². The monoisotopic (exact) mass is 359 g/mol. The third-order valence-electron chi connectivity index (χ3n) is 5.31. The number of nitrogens with one attached hydrogen (secondary N) is 3. The van der Waals surface area contributed by atoms with Crippen LogP contribution in [0, 0.1) is 11.3 Å². The van der Waals surface area contributed by atoms with E-state index in [2.05, 4.69) is 58.0 Å². The van der Waals surface area contributed by atoms with Crippen molar-refractivity contribution in [1.82, 2.24) is 10.4 Å². The second kappa shape index (κ2) is 7.66. The highest BCUT2D eigenvalue weighted by atomic mass is 15.3. The number of guanidine groups is 1. The Hall–Kier alpha value is -3.08. The average Bonchev–Trinajstić information content (AvgIpc) is 3.09. The fourth-order valence-corrected chi connectivity index (χ4v) is 4.08. The molecular formula is C22H25N5. The predicted octanol–water partition coefficient (Wildman–Crippen LogP) is 4.60. The van der Waals surface area contributed by atoms with Crippen molar-refractivity contribution in [3.63, 3.8) is 0 Å². The van der Waals surface area contributed by atoms with E-state index in [1.54, 1.807) is 0 Å². The molecule has 0 spiro atoms. The van der Waals surface area contributed by atoms with E-state index in [0.29, 0.717) is 5.92 Å². The molecule has 2 aromatic carbocycles. The van der Waals surface area contributed by atoms with Crippen LogP contribution in [-0.4, -0.2) is 16.7 Å². The molecule has 0 bridgehead atoms. The fourth-order valence-electron chi connectivity index (χ4n) is 4.08. The first-order chi connectivity index (χ1) is 13.2. The van der Waals surface area contributed by atoms with E-state index < -0.39 is 0 Å². The lowest BCUT2D eigenvalue weighted by Gasteiger charge is -2.24. The first kappa shape index (κ1) is 17.3. The number of aromatic nitrogens is 1. The third-order valence-corrected chi connectivity index (χ3v) is 5.31. The lowest BCUT2D eigenvalue weighted by Crippen LogP contribution is -2.29. The van der Waals surface area contributed by atoms with Gasteiger partial charge < -0.3 is 10.7 Å². The maximum absolute atomic E-state index is 7.56. The van der Waals surface area contributed by atoms with E-state index in [4.69, 9.17) is 11.1 Å². The molecule has 1 heterocycles. The van der Waals surface area contributed by atoms with Gasteiger partial charge in [0.05, 0.1) is 11.4 Å². The van der Waals surface area contributed by atoms with Crippen LogP contribution in [0.1, 0.15) is 37.7 Å². The summed E-state index contributed by atoms with van der Waals surface area (Å²) < 4.78 is 0. The van der Waals surface area contributed by atoms with Gasteiger partial charge >= 0.3 is 0 Å². The van der Waals surface area contributed by atoms with Crippen molar-refractivity contribution in [3.8, 4) is 11.3 Å². The topological polar surface area (TPSA) is 90.1 Å². The van der Waals surface area contributed by atoms with Gasteiger partial charge in [0.2, 0.25) is 5.96 Å². The smallest absolute Gasteiger partial charge is 0.206 e. The summed E-state index contributed by atoms with van der Waals surface area (Å²) in [4.78, 5) is 3.59. The highest BCUT2D eigenvalue weighted by molar-refractivity contribution is 6.16. The summed E-state index contributed by atoms with van der Waals surface area (Å²) in [5.41, 5.74) is 13.7. The standard InChI is InChI=1S/C22H25N5/c23-22(24)27-26-21(16-11-5-2-6-12-16)19-17-13-7-8-14-18(17)25-20(19)15-9-3-1-4-10-15/h1,3-4,7-10,13-14,16,25H,2,5-6,11-12H2,(H4,23,24,27). The number of para-hydroxylation sites is 1. The molecule has 3 aromatic rings. The summed E-state index contributed by atoms with van der Waals surface area (Å²) in [5, 5.41) is 13.3. The summed E-state index contributed by atoms with van der Waals surface area (Å²) >= 11 is 0. The SMILES string of the molecule is N=C(N)NN=C(c1c(-c2ccccc2)[nH]c2ccccc12)C1CCCCC1. The minimum atomic E-state index is -0.135. The van der Waals surface area contributed by atoms with E-state index in [1.165, 1.54) is 19.3 Å². The number of H-pyrrole nitrogens is 1. The zero-order valence-corrected chi connectivity index (χ0v) is 15.3. The molecule has 0 saturated heterocycles. The van der Waals surface area contributed by atoms with Crippen molar-refractivity contribution in [2.24, 2.45) is 16.8 Å². The van der Waals surface area contributed by atoms with Gasteiger partial charge in [-0.2, -0.15) is 5.10 Å². The molecule has 1 saturated carbocycles. The van der Waals surface area contributed by atoms with Gasteiger partial charge in [-0.15, -0.1) is 0 Å². The second-order valence-electron chi connectivity index (χ2n) is 7.14. The molecule has 1 fully saturated rings. The molecule has 0 unspecified atom stereocenters. The molecule has 1 aromatic heterocycles. The Morgan fingerprint density at radius 3 is 2.44 bits per heavy atom. The second-order valence-corrected chi connectivity index (χ2v) is 7.14. The zero-order chi connectivity index (χ0) is 18.6. The van der Waals surface area contributed by atoms with E-state index in [1.807, 2.05) is 12.1 Å². The maximum atomic E-state index is 7.56. The number of hydrogen-bond donors (Lipinski definition) is 4. The van der Waals surface area contributed by atoms with Crippen LogP contribution >= 0.6 is 0 Å². The van der Waals surface area contributed by atoms with Crippen LogP contribution in [0.25, 0.3) is 22.2 Å². The van der Waals surface area contributed by atoms with Gasteiger partial charge in [0, 0.05) is 22.4 Å². The van der Waals surface area contributed by atoms with Gasteiger partial charge in [-0.3, -0.25) is 5.41 Å². The van der Waals surface area contributed by atoms with Crippen molar-refractivity contribution in [3.05, 3.63) is 60.2 Å². The Balaban J connectivity index is 1.92. The van der Waals surface area contributed by atoms with Crippen molar-refractivity contribution in [2.75, 3.05) is 0 Å². The van der Waals surface area contributed by atoms with E-state index in [9.17, 15) is 0 Å². The molecule has 0 atom stereocenters. The summed E-state index contributed by atoms with van der Waals surface area (Å²) in [7, 11) is 0. The number of benzene rings is 2. The summed E-state index contributed by atoms with van der Waals surface area (Å²) in [6.45, 7) is 0. The predicted molar refractivity (Wildman–Crippen MR) is 112 cm³/mol. The Bertz CT molecular complexity index is 965. The largest absolute Gasteiger partial charge is 0.369 e. The quantitative estimate of drug-likeness (QED) is 0.311. The van der Waals surface area contributed by atoms with Gasteiger partial charge in [0.25, 0.3) is 0 Å². The molecule has 0 amide bonds. The minimum Gasteiger partial charge on any atom is -0.369 e. The number of fused-ring (bicyclic) bond motifs is 1. The number of nitrogens with two attached hydrogens (primary N) is 1. The van der Waals surface area contributed by atoms with Gasteiger partial charge in [-0.25, -0.2) is 5.43 Å². The molecule has 5 N–H and O–H groups in total. The van der Waals surface area contributed by atoms with Gasteiger partial charge in [0.15, 0.2) is 0 Å². The maximum Gasteiger partial charge on any atom is 0.206 e. The normalized spacial score (nSPS) is 15.8. The van der Waals surface area contributed by atoms with Gasteiger partial charge in [0.1, 0.15) is 0 Å². The molecule has 138 valence electrons. The molecular weight excluding hydrogens is 334 g/mol. The van der Waals surface area contributed by atoms with Crippen LogP contribution in [0.4, 0.5) is 0 Å². The summed E-state index contributed by atoms with van der Waals surface area (Å²) in [6.07, 6.45) is 5.95. The van der Waals surface area contributed by atoms with Crippen LogP contribution in [-0.2, 0) is 0 Å². The molecule has 5 heteroatoms. The Morgan fingerprint density at radius 1 is 1.00 bits per heavy atom. The van der Waals surface area contributed by atoms with E-state index in [-0.39, 0.29) is 5.96 Å². The number of rotatable bonds is 4. The first-order valence-corrected chi connectivity index (χ1v) is 9.58. The Morgan fingerprint density at radius 2 is 1.70 bits per heavy atom. The van der Waals surface area contributed by atoms with Crippen LogP contribution in [0.15, 0.2) is 59.7 Å². The molecule has 5 nitrogen and oxygen atoms in total. The molecule has 1 aliphatic carbocycles. The van der Waals surface area contributed by atoms with Crippen molar-refractivity contribution < 1.29 is 0 Å². The van der Waals surface area contributed by atoms with E-state index >= 15 is 0 Å². The lowest BCUT2D eigenvalue weighted by molar-refractivity contribution is 0.439. The minimum absolute atomic E-state index is 0.135. The molecule has 27 heavy (non-hydrogen) atoms.